The van der Waals surface area contributed by atoms with E-state index in [1.807, 2.05) is 37.4 Å². The summed E-state index contributed by atoms with van der Waals surface area (Å²) < 4.78 is 14.9. The molecule has 6 aliphatic rings. The zero-order chi connectivity index (χ0) is 34.5. The Morgan fingerprint density at radius 2 is 1.56 bits per heavy atom. The molecular formula is C43H46N2O4Si. The predicted octanol–water partition coefficient (Wildman–Crippen LogP) is 5.65. The molecule has 6 nitrogen and oxygen atoms in total. The van der Waals surface area contributed by atoms with E-state index in [1.54, 1.807) is 4.90 Å². The lowest BCUT2D eigenvalue weighted by atomic mass is 9.38. The predicted molar refractivity (Wildman–Crippen MR) is 199 cm³/mol. The van der Waals surface area contributed by atoms with Crippen molar-refractivity contribution in [2.24, 2.45) is 5.41 Å². The van der Waals surface area contributed by atoms with Crippen LogP contribution in [0.15, 0.2) is 115 Å². The number of hydrogen-bond acceptors (Lipinski definition) is 5. The van der Waals surface area contributed by atoms with Crippen LogP contribution in [0.3, 0.4) is 0 Å². The summed E-state index contributed by atoms with van der Waals surface area (Å²) in [4.78, 5) is 16.2. The topological polar surface area (TPSA) is 71.0 Å². The standard InChI is InChI=1S/C43H46N2O4Si/c1-40(2,3)50(31-16-10-6-11-17-31,32-18-12-7-13-19-32)49-34-21-20-30-26-35-41-22-23-43(47,39-42(41,24-25-44-35)36(30)37(34)48-39)33(27-41)38(46)45(4)28-29-14-8-5-9-15-29/h5-21,27,35,39,44,47H,22-26,28H2,1-4H3/t35-,39-,41-,42+,43-/m1/s1. The molecule has 1 amide bonds. The van der Waals surface area contributed by atoms with E-state index in [-0.39, 0.29) is 22.4 Å². The normalized spacial score (nSPS) is 28.7. The van der Waals surface area contributed by atoms with Gasteiger partial charge in [0.05, 0.1) is 5.41 Å². The highest BCUT2D eigenvalue weighted by molar-refractivity contribution is 7.00. The van der Waals surface area contributed by atoms with Crippen LogP contribution in [0.4, 0.5) is 0 Å². The second kappa shape index (κ2) is 10.9. The van der Waals surface area contributed by atoms with Crippen molar-refractivity contribution in [2.75, 3.05) is 13.6 Å². The van der Waals surface area contributed by atoms with Gasteiger partial charge in [0.1, 0.15) is 17.5 Å². The van der Waals surface area contributed by atoms with Crippen LogP contribution >= 0.6 is 0 Å². The fourth-order valence-electron chi connectivity index (χ4n) is 10.8. The lowest BCUT2D eigenvalue weighted by Gasteiger charge is -2.68. The number of carbonyl (C=O) groups excluding carboxylic acids is 1. The minimum atomic E-state index is -2.98. The maximum atomic E-state index is 14.4. The molecule has 0 radical (unpaired) electrons. The van der Waals surface area contributed by atoms with Crippen molar-refractivity contribution in [1.82, 2.24) is 10.2 Å². The highest BCUT2D eigenvalue weighted by Crippen LogP contribution is 2.73. The first-order chi connectivity index (χ1) is 24.1. The van der Waals surface area contributed by atoms with Crippen molar-refractivity contribution >= 4 is 24.6 Å². The van der Waals surface area contributed by atoms with E-state index in [1.165, 1.54) is 21.5 Å². The number of fused-ring (bicyclic) bond motifs is 1. The Morgan fingerprint density at radius 1 is 0.920 bits per heavy atom. The highest BCUT2D eigenvalue weighted by atomic mass is 28.4. The summed E-state index contributed by atoms with van der Waals surface area (Å²) in [5, 5.41) is 19.0. The highest BCUT2D eigenvalue weighted by Gasteiger charge is 2.78. The zero-order valence-corrected chi connectivity index (χ0v) is 30.4. The Balaban J connectivity index is 1.20. The van der Waals surface area contributed by atoms with Gasteiger partial charge in [0.2, 0.25) is 0 Å². The Hall–Kier alpha value is -4.17. The number of carbonyl (C=O) groups is 1. The lowest BCUT2D eigenvalue weighted by Crippen LogP contribution is -2.78. The van der Waals surface area contributed by atoms with Crippen LogP contribution in [0, 0.1) is 5.41 Å². The van der Waals surface area contributed by atoms with Gasteiger partial charge in [-0.2, -0.15) is 0 Å². The molecule has 4 bridgehead atoms. The number of aliphatic hydroxyl groups is 1. The van der Waals surface area contributed by atoms with Crippen molar-refractivity contribution < 1.29 is 19.1 Å². The molecule has 4 aromatic rings. The largest absolute Gasteiger partial charge is 0.531 e. The third-order valence-corrected chi connectivity index (χ3v) is 17.8. The van der Waals surface area contributed by atoms with Gasteiger partial charge in [0.25, 0.3) is 5.91 Å². The maximum Gasteiger partial charge on any atom is 0.320 e. The number of amides is 1. The average molecular weight is 683 g/mol. The Bertz CT molecular complexity index is 1970. The van der Waals surface area contributed by atoms with E-state index >= 15 is 0 Å². The fourth-order valence-corrected chi connectivity index (χ4v) is 15.2. The number of nitrogens with one attached hydrogen (secondary N) is 1. The van der Waals surface area contributed by atoms with Crippen molar-refractivity contribution in [3.8, 4) is 11.5 Å². The summed E-state index contributed by atoms with van der Waals surface area (Å²) >= 11 is 0. The van der Waals surface area contributed by atoms with Crippen LogP contribution in [-0.2, 0) is 23.2 Å². The van der Waals surface area contributed by atoms with Crippen molar-refractivity contribution in [1.29, 1.82) is 0 Å². The lowest BCUT2D eigenvalue weighted by molar-refractivity contribution is -0.170. The van der Waals surface area contributed by atoms with Crippen LogP contribution in [-0.4, -0.2) is 55.6 Å². The SMILES string of the molecule is CN(Cc1ccccc1)C(=O)C1=C[C@@]23CC[C@]1(O)[C@@H]1Oc4c(O[Si](c5ccccc5)(c5ccccc5)C(C)(C)C)ccc5c4[C@@]12CCN[C@@H]3C5. The van der Waals surface area contributed by atoms with Crippen molar-refractivity contribution in [3.63, 3.8) is 0 Å². The molecule has 50 heavy (non-hydrogen) atoms. The van der Waals surface area contributed by atoms with Gasteiger partial charge < -0.3 is 24.5 Å². The molecule has 2 aliphatic heterocycles. The quantitative estimate of drug-likeness (QED) is 0.247. The number of nitrogens with zero attached hydrogens (tertiary/aromatic N) is 1. The van der Waals surface area contributed by atoms with Gasteiger partial charge in [0, 0.05) is 36.2 Å². The van der Waals surface area contributed by atoms with E-state index < -0.39 is 25.4 Å². The molecule has 0 unspecified atom stereocenters. The smallest absolute Gasteiger partial charge is 0.320 e. The molecule has 5 atom stereocenters. The number of piperidine rings is 1. The summed E-state index contributed by atoms with van der Waals surface area (Å²) in [6.45, 7) is 8.18. The van der Waals surface area contributed by atoms with Crippen molar-refractivity contribution in [3.05, 3.63) is 131 Å². The van der Waals surface area contributed by atoms with E-state index in [9.17, 15) is 9.90 Å². The Kier molecular flexibility index (Phi) is 6.94. The third-order valence-electron chi connectivity index (χ3n) is 12.9. The molecule has 4 aliphatic carbocycles. The molecular weight excluding hydrogens is 637 g/mol. The molecule has 4 aromatic carbocycles. The van der Waals surface area contributed by atoms with Crippen LogP contribution in [0.1, 0.15) is 56.7 Å². The van der Waals surface area contributed by atoms with Crippen LogP contribution < -0.4 is 24.9 Å². The number of benzene rings is 4. The molecule has 0 aromatic heterocycles. The van der Waals surface area contributed by atoms with Crippen LogP contribution in [0.2, 0.25) is 5.04 Å². The van der Waals surface area contributed by atoms with Crippen molar-refractivity contribution in [2.45, 2.75) is 81.2 Å². The van der Waals surface area contributed by atoms with E-state index in [4.69, 9.17) is 9.16 Å². The van der Waals surface area contributed by atoms with E-state index in [0.29, 0.717) is 18.5 Å². The molecule has 7 heteroatoms. The zero-order valence-electron chi connectivity index (χ0n) is 29.4. The average Bonchev–Trinajstić information content (AvgIpc) is 3.49. The summed E-state index contributed by atoms with van der Waals surface area (Å²) in [6.07, 6.45) is 4.58. The number of likely N-dealkylation sites (N-methyl/N-ethyl adjacent to an activating group) is 1. The third kappa shape index (κ3) is 4.05. The van der Waals surface area contributed by atoms with Crippen LogP contribution in [0.5, 0.6) is 11.5 Å². The van der Waals surface area contributed by atoms with E-state index in [2.05, 4.69) is 105 Å². The molecule has 2 spiro atoms. The van der Waals surface area contributed by atoms with Gasteiger partial charge in [0.15, 0.2) is 5.75 Å². The summed E-state index contributed by atoms with van der Waals surface area (Å²) in [6, 6.07) is 36.0. The number of hydrogen-bond donors (Lipinski definition) is 2. The number of ether oxygens (including phenoxy) is 1. The molecule has 2 N–H and O–H groups in total. The summed E-state index contributed by atoms with van der Waals surface area (Å²) in [7, 11) is -1.14. The Morgan fingerprint density at radius 3 is 2.20 bits per heavy atom. The van der Waals surface area contributed by atoms with E-state index in [0.717, 1.165) is 42.9 Å². The maximum absolute atomic E-state index is 14.4. The van der Waals surface area contributed by atoms with Gasteiger partial charge in [-0.1, -0.05) is 124 Å². The summed E-state index contributed by atoms with van der Waals surface area (Å²) in [5.41, 5.74) is 1.78. The Labute approximate surface area is 296 Å². The fraction of sp³-hybridized carbons (Fsp3) is 0.372. The van der Waals surface area contributed by atoms with Gasteiger partial charge in [-0.25, -0.2) is 0 Å². The van der Waals surface area contributed by atoms with Gasteiger partial charge in [-0.05, 0) is 64.8 Å². The summed E-state index contributed by atoms with van der Waals surface area (Å²) in [5.74, 6) is 1.38. The molecule has 10 rings (SSSR count). The van der Waals surface area contributed by atoms with Gasteiger partial charge in [-0.15, -0.1) is 0 Å². The molecule has 1 saturated carbocycles. The molecule has 2 heterocycles. The van der Waals surface area contributed by atoms with Crippen LogP contribution in [0.25, 0.3) is 0 Å². The minimum absolute atomic E-state index is 0.127. The first-order valence-electron chi connectivity index (χ1n) is 18.2. The molecule has 1 saturated heterocycles. The minimum Gasteiger partial charge on any atom is -0.531 e. The molecule has 256 valence electrons. The van der Waals surface area contributed by atoms with Gasteiger partial charge in [-0.3, -0.25) is 4.79 Å². The van der Waals surface area contributed by atoms with Gasteiger partial charge >= 0.3 is 8.32 Å². The first-order valence-corrected chi connectivity index (χ1v) is 20.1. The second-order valence-electron chi connectivity index (χ2n) is 16.3. The number of rotatable bonds is 7. The molecule has 2 fully saturated rings. The first kappa shape index (κ1) is 31.8. The monoisotopic (exact) mass is 682 g/mol. The second-order valence-corrected chi connectivity index (χ2v) is 20.5.